The van der Waals surface area contributed by atoms with Gasteiger partial charge in [-0.2, -0.15) is 0 Å². The van der Waals surface area contributed by atoms with Crippen molar-refractivity contribution in [3.05, 3.63) is 156 Å². The number of benzene rings is 6. The Hall–Kier alpha value is -5.58. The Labute approximate surface area is 306 Å². The molecule has 0 aliphatic rings. The van der Waals surface area contributed by atoms with Crippen molar-refractivity contribution in [2.45, 2.75) is 47.3 Å². The van der Waals surface area contributed by atoms with Crippen molar-refractivity contribution in [1.29, 1.82) is 0 Å². The Morgan fingerprint density at radius 1 is 0.365 bits per heavy atom. The molecule has 0 amide bonds. The van der Waals surface area contributed by atoms with Crippen molar-refractivity contribution < 1.29 is 35.8 Å². The molecule has 0 radical (unpaired) electrons. The standard InChI is InChI=1S/2C21H20O4S/c2*1-15-4-9-19(10-5-15)26(22,23)20-11-6-17(7-12-20)25-21-13-8-18(24-3)14-16(21)2/h2*4-14H,1-3H3. The number of sulfone groups is 2. The van der Waals surface area contributed by atoms with Crippen LogP contribution in [0.3, 0.4) is 0 Å². The average molecular weight is 737 g/mol. The number of rotatable bonds is 10. The first-order chi connectivity index (χ1) is 24.8. The molecule has 0 N–H and O–H groups in total. The second kappa shape index (κ2) is 16.2. The molecule has 6 rings (SSSR count). The molecule has 0 heterocycles. The number of ether oxygens (including phenoxy) is 4. The van der Waals surface area contributed by atoms with Crippen molar-refractivity contribution >= 4 is 19.7 Å². The van der Waals surface area contributed by atoms with Gasteiger partial charge in [0, 0.05) is 0 Å². The summed E-state index contributed by atoms with van der Waals surface area (Å²) in [6, 6.07) is 37.5. The lowest BCUT2D eigenvalue weighted by molar-refractivity contribution is 0.412. The second-order valence-corrected chi connectivity index (χ2v) is 15.9. The van der Waals surface area contributed by atoms with E-state index >= 15 is 0 Å². The lowest BCUT2D eigenvalue weighted by Gasteiger charge is -2.11. The predicted molar refractivity (Wildman–Crippen MR) is 202 cm³/mol. The van der Waals surface area contributed by atoms with E-state index in [1.165, 1.54) is 0 Å². The summed E-state index contributed by atoms with van der Waals surface area (Å²) in [6.45, 7) is 7.69. The highest BCUT2D eigenvalue weighted by Gasteiger charge is 2.19. The van der Waals surface area contributed by atoms with Gasteiger partial charge < -0.3 is 18.9 Å². The van der Waals surface area contributed by atoms with Crippen molar-refractivity contribution in [2.75, 3.05) is 14.2 Å². The van der Waals surface area contributed by atoms with Gasteiger partial charge in [0.2, 0.25) is 19.7 Å². The Morgan fingerprint density at radius 3 is 0.904 bits per heavy atom. The summed E-state index contributed by atoms with van der Waals surface area (Å²) in [4.78, 5) is 1.03. The summed E-state index contributed by atoms with van der Waals surface area (Å²) >= 11 is 0. The van der Waals surface area contributed by atoms with Crippen LogP contribution in [-0.2, 0) is 19.7 Å². The fourth-order valence-electron chi connectivity index (χ4n) is 5.06. The first-order valence-corrected chi connectivity index (χ1v) is 19.3. The van der Waals surface area contributed by atoms with E-state index in [2.05, 4.69) is 0 Å². The molecule has 268 valence electrons. The molecule has 8 nitrogen and oxygen atoms in total. The molecule has 0 saturated carbocycles. The van der Waals surface area contributed by atoms with Gasteiger partial charge in [-0.3, -0.25) is 0 Å². The van der Waals surface area contributed by atoms with E-state index in [1.807, 2.05) is 64.1 Å². The topological polar surface area (TPSA) is 105 Å². The maximum atomic E-state index is 12.7. The van der Waals surface area contributed by atoms with Crippen LogP contribution in [-0.4, -0.2) is 31.1 Å². The zero-order chi connectivity index (χ0) is 37.5. The van der Waals surface area contributed by atoms with Crippen LogP contribution >= 0.6 is 0 Å². The molecule has 0 spiro atoms. The van der Waals surface area contributed by atoms with Gasteiger partial charge in [0.1, 0.15) is 34.5 Å². The van der Waals surface area contributed by atoms with Crippen LogP contribution < -0.4 is 18.9 Å². The highest BCUT2D eigenvalue weighted by Crippen LogP contribution is 2.31. The van der Waals surface area contributed by atoms with E-state index < -0.39 is 19.7 Å². The maximum absolute atomic E-state index is 12.7. The van der Waals surface area contributed by atoms with Crippen molar-refractivity contribution in [1.82, 2.24) is 0 Å². The van der Waals surface area contributed by atoms with E-state index in [0.717, 1.165) is 33.8 Å². The first-order valence-electron chi connectivity index (χ1n) is 16.3. The van der Waals surface area contributed by atoms with E-state index in [1.54, 1.807) is 111 Å². The summed E-state index contributed by atoms with van der Waals surface area (Å²) in [5.41, 5.74) is 3.89. The van der Waals surface area contributed by atoms with Gasteiger partial charge in [-0.05, 0) is 148 Å². The van der Waals surface area contributed by atoms with Crippen LogP contribution in [0, 0.1) is 27.7 Å². The predicted octanol–water partition coefficient (Wildman–Crippen LogP) is 9.87. The van der Waals surface area contributed by atoms with Crippen LogP contribution in [0.25, 0.3) is 0 Å². The summed E-state index contributed by atoms with van der Waals surface area (Å²) < 4.78 is 72.8. The molecule has 0 aromatic heterocycles. The smallest absolute Gasteiger partial charge is 0.206 e. The van der Waals surface area contributed by atoms with E-state index in [-0.39, 0.29) is 19.6 Å². The van der Waals surface area contributed by atoms with Crippen LogP contribution in [0.2, 0.25) is 0 Å². The molecular formula is C42H40O8S2. The fraction of sp³-hybridized carbons (Fsp3) is 0.143. The molecule has 6 aromatic rings. The Morgan fingerprint density at radius 2 is 0.635 bits per heavy atom. The van der Waals surface area contributed by atoms with Gasteiger partial charge in [0.15, 0.2) is 0 Å². The van der Waals surface area contributed by atoms with Crippen LogP contribution in [0.5, 0.6) is 34.5 Å². The lowest BCUT2D eigenvalue weighted by atomic mass is 10.2. The normalized spacial score (nSPS) is 11.2. The van der Waals surface area contributed by atoms with Gasteiger partial charge in [0.05, 0.1) is 33.8 Å². The number of hydrogen-bond donors (Lipinski definition) is 0. The molecule has 0 unspecified atom stereocenters. The third-order valence-electron chi connectivity index (χ3n) is 8.15. The van der Waals surface area contributed by atoms with E-state index in [0.29, 0.717) is 23.0 Å². The molecule has 6 aromatic carbocycles. The summed E-state index contributed by atoms with van der Waals surface area (Å²) in [5.74, 6) is 4.05. The Bertz CT molecular complexity index is 2180. The molecular weight excluding hydrogens is 697 g/mol. The molecule has 0 saturated heterocycles. The lowest BCUT2D eigenvalue weighted by Crippen LogP contribution is -2.01. The Kier molecular flexibility index (Phi) is 11.7. The third kappa shape index (κ3) is 9.01. The van der Waals surface area contributed by atoms with E-state index in [9.17, 15) is 16.8 Å². The van der Waals surface area contributed by atoms with Gasteiger partial charge in [-0.15, -0.1) is 0 Å². The number of methoxy groups -OCH3 is 2. The van der Waals surface area contributed by atoms with Gasteiger partial charge in [0.25, 0.3) is 0 Å². The van der Waals surface area contributed by atoms with E-state index in [4.69, 9.17) is 18.9 Å². The molecule has 0 bridgehead atoms. The van der Waals surface area contributed by atoms with Crippen molar-refractivity contribution in [2.24, 2.45) is 0 Å². The largest absolute Gasteiger partial charge is 0.497 e. The van der Waals surface area contributed by atoms with Crippen molar-refractivity contribution in [3.63, 3.8) is 0 Å². The monoisotopic (exact) mass is 736 g/mol. The molecule has 0 atom stereocenters. The summed E-state index contributed by atoms with van der Waals surface area (Å²) in [6.07, 6.45) is 0. The minimum atomic E-state index is -3.53. The van der Waals surface area contributed by atoms with Crippen LogP contribution in [0.1, 0.15) is 22.3 Å². The Balaban J connectivity index is 0.000000201. The second-order valence-electron chi connectivity index (χ2n) is 12.0. The zero-order valence-corrected chi connectivity index (χ0v) is 31.4. The molecule has 0 aliphatic heterocycles. The molecule has 52 heavy (non-hydrogen) atoms. The third-order valence-corrected chi connectivity index (χ3v) is 11.7. The first kappa shape index (κ1) is 37.7. The number of hydrogen-bond acceptors (Lipinski definition) is 8. The zero-order valence-electron chi connectivity index (χ0n) is 29.8. The minimum absolute atomic E-state index is 0.236. The molecule has 0 fully saturated rings. The van der Waals surface area contributed by atoms with Crippen molar-refractivity contribution in [3.8, 4) is 34.5 Å². The van der Waals surface area contributed by atoms with Gasteiger partial charge >= 0.3 is 0 Å². The van der Waals surface area contributed by atoms with Crippen LogP contribution in [0.4, 0.5) is 0 Å². The molecule has 10 heteroatoms. The maximum Gasteiger partial charge on any atom is 0.206 e. The number of aryl methyl sites for hydroxylation is 4. The summed E-state index contributed by atoms with van der Waals surface area (Å²) in [7, 11) is -3.84. The van der Waals surface area contributed by atoms with Gasteiger partial charge in [-0.25, -0.2) is 16.8 Å². The quantitative estimate of drug-likeness (QED) is 0.137. The van der Waals surface area contributed by atoms with Gasteiger partial charge in [-0.1, -0.05) is 35.4 Å². The minimum Gasteiger partial charge on any atom is -0.497 e. The highest BCUT2D eigenvalue weighted by atomic mass is 32.2. The van der Waals surface area contributed by atoms with Crippen LogP contribution in [0.15, 0.2) is 153 Å². The SMILES string of the molecule is COc1ccc(Oc2ccc(S(=O)(=O)c3ccc(C)cc3)cc2)c(C)c1.COc1ccc(Oc2ccc(S(=O)(=O)c3ccc(C)cc3)cc2)c(C)c1. The summed E-state index contributed by atoms with van der Waals surface area (Å²) in [5, 5.41) is 0. The highest BCUT2D eigenvalue weighted by molar-refractivity contribution is 7.91. The fourth-order valence-corrected chi connectivity index (χ4v) is 7.58. The molecule has 0 aliphatic carbocycles. The average Bonchev–Trinajstić information content (AvgIpc) is 3.14.